The van der Waals surface area contributed by atoms with Gasteiger partial charge < -0.3 is 5.32 Å². The molecule has 5 heteroatoms. The smallest absolute Gasteiger partial charge is 0.0885 e. The van der Waals surface area contributed by atoms with Crippen molar-refractivity contribution >= 4 is 11.6 Å². The van der Waals surface area contributed by atoms with Crippen LogP contribution in [0.25, 0.3) is 11.3 Å². The Morgan fingerprint density at radius 1 is 1.44 bits per heavy atom. The molecule has 1 N–H and O–H groups in total. The van der Waals surface area contributed by atoms with Crippen molar-refractivity contribution in [1.82, 2.24) is 20.3 Å². The fourth-order valence-corrected chi connectivity index (χ4v) is 1.88. The highest BCUT2D eigenvalue weighted by Crippen LogP contribution is 2.25. The third kappa shape index (κ3) is 2.08. The van der Waals surface area contributed by atoms with E-state index in [2.05, 4.69) is 15.6 Å². The van der Waals surface area contributed by atoms with E-state index in [1.165, 1.54) is 0 Å². The molecule has 0 aliphatic rings. The molecule has 0 atom stereocenters. The van der Waals surface area contributed by atoms with Crippen molar-refractivity contribution in [3.05, 3.63) is 35.0 Å². The second-order valence-corrected chi connectivity index (χ2v) is 4.01. The number of nitrogens with zero attached hydrogens (tertiary/aromatic N) is 3. The molecule has 1 aromatic heterocycles. The summed E-state index contributed by atoms with van der Waals surface area (Å²) in [6, 6.07) is 5.83. The summed E-state index contributed by atoms with van der Waals surface area (Å²) < 4.78 is 1.75. The third-order valence-electron chi connectivity index (χ3n) is 2.42. The zero-order valence-corrected chi connectivity index (χ0v) is 9.99. The van der Waals surface area contributed by atoms with E-state index in [9.17, 15) is 0 Å². The van der Waals surface area contributed by atoms with E-state index in [0.29, 0.717) is 0 Å². The molecule has 0 amide bonds. The van der Waals surface area contributed by atoms with Crippen LogP contribution in [0.4, 0.5) is 0 Å². The van der Waals surface area contributed by atoms with Crippen molar-refractivity contribution < 1.29 is 0 Å². The third-order valence-corrected chi connectivity index (χ3v) is 2.66. The van der Waals surface area contributed by atoms with Crippen LogP contribution in [0.15, 0.2) is 24.4 Å². The molecule has 16 heavy (non-hydrogen) atoms. The van der Waals surface area contributed by atoms with Crippen LogP contribution in [0, 0.1) is 0 Å². The predicted molar refractivity (Wildman–Crippen MR) is 64.2 cm³/mol. The summed E-state index contributed by atoms with van der Waals surface area (Å²) in [5.41, 5.74) is 3.23. The molecule has 0 radical (unpaired) electrons. The van der Waals surface area contributed by atoms with Gasteiger partial charge in [-0.05, 0) is 24.7 Å². The normalized spacial score (nSPS) is 10.7. The van der Waals surface area contributed by atoms with Crippen molar-refractivity contribution in [2.45, 2.75) is 6.54 Å². The maximum atomic E-state index is 5.99. The minimum Gasteiger partial charge on any atom is -0.316 e. The summed E-state index contributed by atoms with van der Waals surface area (Å²) in [6.45, 7) is 0.765. The molecule has 0 aliphatic carbocycles. The minimum atomic E-state index is 0.740. The molecule has 0 saturated carbocycles. The lowest BCUT2D eigenvalue weighted by molar-refractivity contribution is 0.719. The summed E-state index contributed by atoms with van der Waals surface area (Å²) in [4.78, 5) is 0. The zero-order valence-electron chi connectivity index (χ0n) is 9.24. The molecule has 0 aliphatic heterocycles. The second kappa shape index (κ2) is 4.63. The fraction of sp³-hybridized carbons (Fsp3) is 0.273. The highest BCUT2D eigenvalue weighted by Gasteiger charge is 2.09. The van der Waals surface area contributed by atoms with E-state index in [0.717, 1.165) is 28.4 Å². The molecule has 1 aromatic carbocycles. The van der Waals surface area contributed by atoms with Crippen LogP contribution in [-0.4, -0.2) is 22.0 Å². The SMILES string of the molecule is CNCc1cc(Cl)ccc1-c1cnnn1C. The molecule has 1 heterocycles. The summed E-state index contributed by atoms with van der Waals surface area (Å²) in [5.74, 6) is 0. The summed E-state index contributed by atoms with van der Waals surface area (Å²) >= 11 is 5.99. The lowest BCUT2D eigenvalue weighted by Crippen LogP contribution is -2.07. The van der Waals surface area contributed by atoms with Crippen LogP contribution in [0.3, 0.4) is 0 Å². The Hall–Kier alpha value is -1.39. The molecule has 0 saturated heterocycles. The molecular formula is C11H13ClN4. The summed E-state index contributed by atoms with van der Waals surface area (Å²) in [6.07, 6.45) is 1.75. The molecule has 2 rings (SSSR count). The zero-order chi connectivity index (χ0) is 11.5. The van der Waals surface area contributed by atoms with Gasteiger partial charge in [-0.1, -0.05) is 22.9 Å². The van der Waals surface area contributed by atoms with Crippen LogP contribution < -0.4 is 5.32 Å². The van der Waals surface area contributed by atoms with E-state index in [1.807, 2.05) is 32.3 Å². The van der Waals surface area contributed by atoms with Crippen molar-refractivity contribution in [3.63, 3.8) is 0 Å². The Kier molecular flexibility index (Phi) is 3.22. The van der Waals surface area contributed by atoms with Gasteiger partial charge >= 0.3 is 0 Å². The average molecular weight is 237 g/mol. The Balaban J connectivity index is 2.51. The number of hydrogen-bond donors (Lipinski definition) is 1. The number of nitrogens with one attached hydrogen (secondary N) is 1. The quantitative estimate of drug-likeness (QED) is 0.885. The molecule has 0 fully saturated rings. The topological polar surface area (TPSA) is 42.7 Å². The Morgan fingerprint density at radius 3 is 2.88 bits per heavy atom. The van der Waals surface area contributed by atoms with Gasteiger partial charge in [0.15, 0.2) is 0 Å². The number of aromatic nitrogens is 3. The van der Waals surface area contributed by atoms with Crippen LogP contribution in [-0.2, 0) is 13.6 Å². The van der Waals surface area contributed by atoms with Gasteiger partial charge in [-0.2, -0.15) is 0 Å². The van der Waals surface area contributed by atoms with Crippen molar-refractivity contribution in [1.29, 1.82) is 0 Å². The van der Waals surface area contributed by atoms with Gasteiger partial charge in [0.25, 0.3) is 0 Å². The number of benzene rings is 1. The van der Waals surface area contributed by atoms with Crippen molar-refractivity contribution in [3.8, 4) is 11.3 Å². The maximum absolute atomic E-state index is 5.99. The highest BCUT2D eigenvalue weighted by atomic mass is 35.5. The van der Waals surface area contributed by atoms with E-state index in [-0.39, 0.29) is 0 Å². The van der Waals surface area contributed by atoms with Crippen LogP contribution in [0.1, 0.15) is 5.56 Å². The standard InChI is InChI=1S/C11H13ClN4/c1-13-6-8-5-9(12)3-4-10(8)11-7-14-15-16(11)2/h3-5,7,13H,6H2,1-2H3. The molecule has 0 spiro atoms. The first-order valence-electron chi connectivity index (χ1n) is 5.00. The number of aryl methyl sites for hydroxylation is 1. The maximum Gasteiger partial charge on any atom is 0.0885 e. The molecule has 2 aromatic rings. The molecule has 4 nitrogen and oxygen atoms in total. The van der Waals surface area contributed by atoms with Crippen LogP contribution in [0.2, 0.25) is 5.02 Å². The van der Waals surface area contributed by atoms with Gasteiger partial charge in [0, 0.05) is 24.2 Å². The minimum absolute atomic E-state index is 0.740. The van der Waals surface area contributed by atoms with Gasteiger partial charge in [-0.25, -0.2) is 4.68 Å². The van der Waals surface area contributed by atoms with Crippen LogP contribution in [0.5, 0.6) is 0 Å². The monoisotopic (exact) mass is 236 g/mol. The first-order chi connectivity index (χ1) is 7.72. The Morgan fingerprint density at radius 2 is 2.25 bits per heavy atom. The highest BCUT2D eigenvalue weighted by molar-refractivity contribution is 6.30. The average Bonchev–Trinajstić information content (AvgIpc) is 2.65. The van der Waals surface area contributed by atoms with E-state index >= 15 is 0 Å². The first-order valence-corrected chi connectivity index (χ1v) is 5.38. The summed E-state index contributed by atoms with van der Waals surface area (Å²) in [7, 11) is 3.78. The van der Waals surface area contributed by atoms with Gasteiger partial charge in [-0.3, -0.25) is 0 Å². The molecule has 84 valence electrons. The first kappa shape index (κ1) is 11.1. The fourth-order valence-electron chi connectivity index (χ4n) is 1.68. The van der Waals surface area contributed by atoms with E-state index in [1.54, 1.807) is 10.9 Å². The lowest BCUT2D eigenvalue weighted by Gasteiger charge is -2.09. The number of rotatable bonds is 3. The van der Waals surface area contributed by atoms with E-state index in [4.69, 9.17) is 11.6 Å². The Bertz CT molecular complexity index is 492. The van der Waals surface area contributed by atoms with Crippen molar-refractivity contribution in [2.24, 2.45) is 7.05 Å². The summed E-state index contributed by atoms with van der Waals surface area (Å²) in [5, 5.41) is 11.7. The van der Waals surface area contributed by atoms with Crippen LogP contribution >= 0.6 is 11.6 Å². The van der Waals surface area contributed by atoms with Gasteiger partial charge in [-0.15, -0.1) is 5.10 Å². The van der Waals surface area contributed by atoms with Gasteiger partial charge in [0.2, 0.25) is 0 Å². The van der Waals surface area contributed by atoms with Gasteiger partial charge in [0.05, 0.1) is 11.9 Å². The number of hydrogen-bond acceptors (Lipinski definition) is 3. The second-order valence-electron chi connectivity index (χ2n) is 3.57. The molecule has 0 unspecified atom stereocenters. The van der Waals surface area contributed by atoms with Gasteiger partial charge in [0.1, 0.15) is 0 Å². The van der Waals surface area contributed by atoms with E-state index < -0.39 is 0 Å². The largest absolute Gasteiger partial charge is 0.316 e. The lowest BCUT2D eigenvalue weighted by atomic mass is 10.0. The molecular weight excluding hydrogens is 224 g/mol. The number of halogens is 1. The van der Waals surface area contributed by atoms with Crippen molar-refractivity contribution in [2.75, 3.05) is 7.05 Å². The molecule has 0 bridgehead atoms. The predicted octanol–water partition coefficient (Wildman–Crippen LogP) is 1.85. The Labute approximate surface area is 99.2 Å².